The summed E-state index contributed by atoms with van der Waals surface area (Å²) in [7, 11) is 0. The molecule has 0 spiro atoms. The number of benzene rings is 2. The molecule has 3 rings (SSSR count). The van der Waals surface area contributed by atoms with Gasteiger partial charge in [-0.05, 0) is 55.3 Å². The SMILES string of the molecule is CC(=O)Nc1ncc(C#Cc2cc(C(=O)Nc3ccc(C)c(C(F)(F)F)c3)ccc2C)cc1Cl. The van der Waals surface area contributed by atoms with Crippen LogP contribution in [0.25, 0.3) is 0 Å². The summed E-state index contributed by atoms with van der Waals surface area (Å²) in [5.74, 6) is 5.20. The number of nitrogens with zero attached hydrogens (tertiary/aromatic N) is 1. The highest BCUT2D eigenvalue weighted by Crippen LogP contribution is 2.33. The zero-order valence-corrected chi connectivity index (χ0v) is 19.2. The van der Waals surface area contributed by atoms with E-state index in [-0.39, 0.29) is 33.6 Å². The van der Waals surface area contributed by atoms with E-state index in [1.165, 1.54) is 32.2 Å². The van der Waals surface area contributed by atoms with Crippen LogP contribution in [0.5, 0.6) is 0 Å². The minimum absolute atomic E-state index is 0.0381. The van der Waals surface area contributed by atoms with Crippen molar-refractivity contribution in [2.45, 2.75) is 26.9 Å². The van der Waals surface area contributed by atoms with Crippen molar-refractivity contribution < 1.29 is 22.8 Å². The van der Waals surface area contributed by atoms with E-state index in [9.17, 15) is 22.8 Å². The van der Waals surface area contributed by atoms with Crippen LogP contribution in [0, 0.1) is 25.7 Å². The fraction of sp³-hybridized carbons (Fsp3) is 0.160. The maximum Gasteiger partial charge on any atom is 0.416 e. The highest BCUT2D eigenvalue weighted by atomic mass is 35.5. The molecule has 0 saturated carbocycles. The van der Waals surface area contributed by atoms with Crippen LogP contribution in [0.2, 0.25) is 5.02 Å². The number of amides is 2. The third-order valence-electron chi connectivity index (χ3n) is 4.78. The van der Waals surface area contributed by atoms with Crippen molar-refractivity contribution in [2.75, 3.05) is 10.6 Å². The Bertz CT molecular complexity index is 1340. The van der Waals surface area contributed by atoms with Gasteiger partial charge in [0.25, 0.3) is 5.91 Å². The summed E-state index contributed by atoms with van der Waals surface area (Å²) in [6.07, 6.45) is -3.07. The first kappa shape index (κ1) is 24.8. The maximum absolute atomic E-state index is 13.2. The molecule has 9 heteroatoms. The smallest absolute Gasteiger partial charge is 0.322 e. The molecule has 34 heavy (non-hydrogen) atoms. The third-order valence-corrected chi connectivity index (χ3v) is 5.07. The van der Waals surface area contributed by atoms with Crippen LogP contribution in [0.3, 0.4) is 0 Å². The van der Waals surface area contributed by atoms with Crippen LogP contribution < -0.4 is 10.6 Å². The number of hydrogen-bond acceptors (Lipinski definition) is 3. The van der Waals surface area contributed by atoms with Gasteiger partial charge in [0.15, 0.2) is 5.82 Å². The zero-order chi connectivity index (χ0) is 25.0. The fourth-order valence-electron chi connectivity index (χ4n) is 3.01. The molecule has 0 aliphatic heterocycles. The van der Waals surface area contributed by atoms with Gasteiger partial charge in [-0.2, -0.15) is 13.2 Å². The first-order valence-electron chi connectivity index (χ1n) is 9.99. The summed E-state index contributed by atoms with van der Waals surface area (Å²) in [6, 6.07) is 9.99. The van der Waals surface area contributed by atoms with Crippen molar-refractivity contribution in [1.29, 1.82) is 0 Å². The minimum Gasteiger partial charge on any atom is -0.322 e. The van der Waals surface area contributed by atoms with Gasteiger partial charge in [0.05, 0.1) is 10.6 Å². The maximum atomic E-state index is 13.2. The lowest BCUT2D eigenvalue weighted by atomic mass is 10.0. The van der Waals surface area contributed by atoms with Crippen molar-refractivity contribution in [3.8, 4) is 11.8 Å². The van der Waals surface area contributed by atoms with Crippen LogP contribution in [0.1, 0.15) is 45.1 Å². The van der Waals surface area contributed by atoms with Crippen molar-refractivity contribution in [3.05, 3.63) is 87.1 Å². The van der Waals surface area contributed by atoms with Crippen molar-refractivity contribution >= 4 is 34.9 Å². The van der Waals surface area contributed by atoms with E-state index < -0.39 is 17.6 Å². The molecule has 2 amide bonds. The molecule has 0 radical (unpaired) electrons. The molecule has 1 aromatic heterocycles. The quantitative estimate of drug-likeness (QED) is 0.448. The second-order valence-electron chi connectivity index (χ2n) is 7.50. The van der Waals surface area contributed by atoms with Gasteiger partial charge in [-0.25, -0.2) is 4.98 Å². The van der Waals surface area contributed by atoms with E-state index in [0.717, 1.165) is 11.6 Å². The Morgan fingerprint density at radius 1 is 0.971 bits per heavy atom. The van der Waals surface area contributed by atoms with Gasteiger partial charge in [-0.15, -0.1) is 0 Å². The van der Waals surface area contributed by atoms with Crippen molar-refractivity contribution in [1.82, 2.24) is 4.98 Å². The zero-order valence-electron chi connectivity index (χ0n) is 18.4. The molecule has 2 N–H and O–H groups in total. The van der Waals surface area contributed by atoms with Gasteiger partial charge in [0.2, 0.25) is 5.91 Å². The molecule has 0 aliphatic carbocycles. The highest BCUT2D eigenvalue weighted by Gasteiger charge is 2.32. The lowest BCUT2D eigenvalue weighted by Gasteiger charge is -2.13. The van der Waals surface area contributed by atoms with Crippen LogP contribution in [-0.4, -0.2) is 16.8 Å². The predicted octanol–water partition coefficient (Wildman–Crippen LogP) is 5.98. The molecular weight excluding hydrogens is 467 g/mol. The molecule has 0 bridgehead atoms. The highest BCUT2D eigenvalue weighted by molar-refractivity contribution is 6.33. The summed E-state index contributed by atoms with van der Waals surface area (Å²) in [4.78, 5) is 27.9. The van der Waals surface area contributed by atoms with Crippen LogP contribution in [-0.2, 0) is 11.0 Å². The fourth-order valence-corrected chi connectivity index (χ4v) is 3.22. The summed E-state index contributed by atoms with van der Waals surface area (Å²) in [5, 5.41) is 5.22. The van der Waals surface area contributed by atoms with E-state index >= 15 is 0 Å². The molecule has 3 aromatic rings. The summed E-state index contributed by atoms with van der Waals surface area (Å²) in [6.45, 7) is 4.51. The lowest BCUT2D eigenvalue weighted by Crippen LogP contribution is -2.14. The van der Waals surface area contributed by atoms with E-state index in [1.807, 2.05) is 6.92 Å². The van der Waals surface area contributed by atoms with Gasteiger partial charge >= 0.3 is 6.18 Å². The van der Waals surface area contributed by atoms with Crippen LogP contribution >= 0.6 is 11.6 Å². The number of nitrogens with one attached hydrogen (secondary N) is 2. The topological polar surface area (TPSA) is 71.1 Å². The third kappa shape index (κ3) is 6.15. The molecule has 1 heterocycles. The average Bonchev–Trinajstić information content (AvgIpc) is 2.75. The lowest BCUT2D eigenvalue weighted by molar-refractivity contribution is -0.138. The largest absolute Gasteiger partial charge is 0.416 e. The Balaban J connectivity index is 1.83. The predicted molar refractivity (Wildman–Crippen MR) is 125 cm³/mol. The molecule has 174 valence electrons. The second kappa shape index (κ2) is 9.98. The summed E-state index contributed by atoms with van der Waals surface area (Å²) >= 11 is 6.11. The van der Waals surface area contributed by atoms with E-state index in [2.05, 4.69) is 27.5 Å². The van der Waals surface area contributed by atoms with E-state index in [0.29, 0.717) is 11.1 Å². The molecule has 0 saturated heterocycles. The average molecular weight is 486 g/mol. The van der Waals surface area contributed by atoms with Crippen molar-refractivity contribution in [3.63, 3.8) is 0 Å². The van der Waals surface area contributed by atoms with E-state index in [4.69, 9.17) is 11.6 Å². The van der Waals surface area contributed by atoms with Gasteiger partial charge in [0, 0.05) is 35.5 Å². The Morgan fingerprint density at radius 3 is 2.32 bits per heavy atom. The number of carbonyl (C=O) groups is 2. The standard InChI is InChI=1S/C25H19ClF3N3O2/c1-14-4-7-19(24(34)32-20-9-5-15(2)21(12-20)25(27,28)29)11-18(14)8-6-17-10-22(26)23(30-13-17)31-16(3)33/h4-5,7,9-13H,1-3H3,(H,32,34)(H,30,31,33). The number of halogens is 4. The summed E-state index contributed by atoms with van der Waals surface area (Å²) in [5.41, 5.74) is 1.38. The summed E-state index contributed by atoms with van der Waals surface area (Å²) < 4.78 is 39.5. The van der Waals surface area contributed by atoms with Crippen LogP contribution in [0.4, 0.5) is 24.7 Å². The molecule has 0 fully saturated rings. The number of pyridine rings is 1. The Hall–Kier alpha value is -3.83. The molecule has 5 nitrogen and oxygen atoms in total. The van der Waals surface area contributed by atoms with Crippen LogP contribution in [0.15, 0.2) is 48.7 Å². The number of carbonyl (C=O) groups excluding carboxylic acids is 2. The van der Waals surface area contributed by atoms with Gasteiger partial charge in [-0.3, -0.25) is 9.59 Å². The molecule has 0 atom stereocenters. The number of anilines is 2. The molecule has 2 aromatic carbocycles. The first-order chi connectivity index (χ1) is 15.9. The van der Waals surface area contributed by atoms with E-state index in [1.54, 1.807) is 24.3 Å². The number of rotatable bonds is 3. The normalized spacial score (nSPS) is 10.8. The Kier molecular flexibility index (Phi) is 7.28. The monoisotopic (exact) mass is 485 g/mol. The van der Waals surface area contributed by atoms with Crippen molar-refractivity contribution in [2.24, 2.45) is 0 Å². The number of alkyl halides is 3. The molecule has 0 aliphatic rings. The van der Waals surface area contributed by atoms with Gasteiger partial charge < -0.3 is 10.6 Å². The van der Waals surface area contributed by atoms with Gasteiger partial charge in [-0.1, -0.05) is 35.6 Å². The van der Waals surface area contributed by atoms with Gasteiger partial charge in [0.1, 0.15) is 0 Å². The second-order valence-corrected chi connectivity index (χ2v) is 7.90. The Labute approximate surface area is 199 Å². The number of aromatic nitrogens is 1. The molecular formula is C25H19ClF3N3O2. The Morgan fingerprint density at radius 2 is 1.68 bits per heavy atom. The molecule has 0 unspecified atom stereocenters. The number of hydrogen-bond donors (Lipinski definition) is 2. The minimum atomic E-state index is -4.52. The number of aryl methyl sites for hydroxylation is 2. The first-order valence-corrected chi connectivity index (χ1v) is 10.4.